The van der Waals surface area contributed by atoms with Gasteiger partial charge in [-0.3, -0.25) is 0 Å². The van der Waals surface area contributed by atoms with Crippen LogP contribution in [0.4, 0.5) is 0 Å². The fraction of sp³-hybridized carbons (Fsp3) is 0.333. The third-order valence-corrected chi connectivity index (χ3v) is 2.45. The molecule has 0 bridgehead atoms. The van der Waals surface area contributed by atoms with E-state index < -0.39 is 5.97 Å². The van der Waals surface area contributed by atoms with E-state index in [9.17, 15) is 4.79 Å². The number of carbonyl (C=O) groups excluding carboxylic acids is 1. The molecule has 2 rings (SSSR count). The zero-order valence-electron chi connectivity index (χ0n) is 10.8. The normalized spacial score (nSPS) is 10.4. The summed E-state index contributed by atoms with van der Waals surface area (Å²) in [6.07, 6.45) is 0. The standard InChI is InChI=1S/C12H14N4O2/c1-7-5-11(14-9(3)13-7)16-8(2)6-10(15-16)12(17)18-4/h5-6H,1-4H3. The third kappa shape index (κ3) is 2.22. The maximum absolute atomic E-state index is 11.4. The molecule has 0 radical (unpaired) electrons. The van der Waals surface area contributed by atoms with E-state index in [1.54, 1.807) is 10.7 Å². The van der Waals surface area contributed by atoms with Gasteiger partial charge in [0.1, 0.15) is 5.82 Å². The van der Waals surface area contributed by atoms with Crippen molar-refractivity contribution in [1.82, 2.24) is 19.7 Å². The molecule has 0 aliphatic carbocycles. The average Bonchev–Trinajstić information content (AvgIpc) is 2.69. The van der Waals surface area contributed by atoms with Crippen molar-refractivity contribution in [3.63, 3.8) is 0 Å². The molecule has 0 atom stereocenters. The van der Waals surface area contributed by atoms with Gasteiger partial charge in [-0.2, -0.15) is 5.10 Å². The van der Waals surface area contributed by atoms with Crippen LogP contribution >= 0.6 is 0 Å². The third-order valence-electron chi connectivity index (χ3n) is 2.45. The van der Waals surface area contributed by atoms with Crippen LogP contribution in [0.15, 0.2) is 12.1 Å². The predicted molar refractivity (Wildman–Crippen MR) is 64.7 cm³/mol. The fourth-order valence-corrected chi connectivity index (χ4v) is 1.72. The molecule has 6 heteroatoms. The molecule has 0 amide bonds. The lowest BCUT2D eigenvalue weighted by atomic mass is 10.3. The van der Waals surface area contributed by atoms with E-state index in [1.807, 2.05) is 26.8 Å². The summed E-state index contributed by atoms with van der Waals surface area (Å²) in [6, 6.07) is 3.48. The number of aromatic nitrogens is 4. The second-order valence-electron chi connectivity index (χ2n) is 3.99. The van der Waals surface area contributed by atoms with Crippen LogP contribution in [0, 0.1) is 20.8 Å². The first kappa shape index (κ1) is 12.2. The average molecular weight is 246 g/mol. The molecule has 0 unspecified atom stereocenters. The second-order valence-corrected chi connectivity index (χ2v) is 3.99. The Bertz CT molecular complexity index is 584. The number of hydrogen-bond acceptors (Lipinski definition) is 5. The highest BCUT2D eigenvalue weighted by Crippen LogP contribution is 2.11. The highest BCUT2D eigenvalue weighted by atomic mass is 16.5. The summed E-state index contributed by atoms with van der Waals surface area (Å²) in [6.45, 7) is 5.56. The SMILES string of the molecule is COC(=O)c1cc(C)n(-c2cc(C)nc(C)n2)n1. The highest BCUT2D eigenvalue weighted by Gasteiger charge is 2.14. The van der Waals surface area contributed by atoms with Gasteiger partial charge in [-0.1, -0.05) is 0 Å². The molecule has 2 heterocycles. The Balaban J connectivity index is 2.50. The van der Waals surface area contributed by atoms with Gasteiger partial charge >= 0.3 is 5.97 Å². The smallest absolute Gasteiger partial charge is 0.358 e. The topological polar surface area (TPSA) is 69.9 Å². The zero-order valence-corrected chi connectivity index (χ0v) is 10.8. The van der Waals surface area contributed by atoms with Crippen LogP contribution in [0.1, 0.15) is 27.7 Å². The molecule has 18 heavy (non-hydrogen) atoms. The van der Waals surface area contributed by atoms with E-state index in [1.165, 1.54) is 7.11 Å². The van der Waals surface area contributed by atoms with E-state index in [-0.39, 0.29) is 5.69 Å². The fourth-order valence-electron chi connectivity index (χ4n) is 1.72. The van der Waals surface area contributed by atoms with Gasteiger partial charge in [-0.05, 0) is 26.8 Å². The van der Waals surface area contributed by atoms with Crippen molar-refractivity contribution >= 4 is 5.97 Å². The van der Waals surface area contributed by atoms with Gasteiger partial charge < -0.3 is 4.74 Å². The van der Waals surface area contributed by atoms with E-state index in [4.69, 9.17) is 0 Å². The summed E-state index contributed by atoms with van der Waals surface area (Å²) in [5.41, 5.74) is 1.93. The van der Waals surface area contributed by atoms with Crippen molar-refractivity contribution < 1.29 is 9.53 Å². The summed E-state index contributed by atoms with van der Waals surface area (Å²) in [7, 11) is 1.33. The van der Waals surface area contributed by atoms with E-state index >= 15 is 0 Å². The summed E-state index contributed by atoms with van der Waals surface area (Å²) in [4.78, 5) is 19.9. The molecule has 0 spiro atoms. The first-order valence-electron chi connectivity index (χ1n) is 5.49. The molecule has 0 N–H and O–H groups in total. The lowest BCUT2D eigenvalue weighted by molar-refractivity contribution is 0.0593. The van der Waals surface area contributed by atoms with E-state index in [0.29, 0.717) is 11.6 Å². The summed E-state index contributed by atoms with van der Waals surface area (Å²) in [5.74, 6) is 0.853. The Morgan fingerprint density at radius 1 is 1.22 bits per heavy atom. The lowest BCUT2D eigenvalue weighted by Crippen LogP contribution is -2.07. The number of hydrogen-bond donors (Lipinski definition) is 0. The maximum Gasteiger partial charge on any atom is 0.358 e. The summed E-state index contributed by atoms with van der Waals surface area (Å²) in [5, 5.41) is 4.18. The predicted octanol–water partition coefficient (Wildman–Crippen LogP) is 1.37. The van der Waals surface area contributed by atoms with Gasteiger partial charge in [0.15, 0.2) is 11.5 Å². The number of carbonyl (C=O) groups is 1. The van der Waals surface area contributed by atoms with E-state index in [2.05, 4.69) is 19.8 Å². The number of ether oxygens (including phenoxy) is 1. The number of aryl methyl sites for hydroxylation is 3. The van der Waals surface area contributed by atoms with E-state index in [0.717, 1.165) is 11.4 Å². The van der Waals surface area contributed by atoms with Crippen LogP contribution in [0.2, 0.25) is 0 Å². The number of esters is 1. The monoisotopic (exact) mass is 246 g/mol. The Labute approximate surface area is 105 Å². The number of rotatable bonds is 2. The largest absolute Gasteiger partial charge is 0.464 e. The van der Waals surface area contributed by atoms with Crippen molar-refractivity contribution in [2.45, 2.75) is 20.8 Å². The zero-order chi connectivity index (χ0) is 13.3. The molecule has 0 saturated heterocycles. The molecule has 94 valence electrons. The van der Waals surface area contributed by atoms with Crippen LogP contribution in [-0.2, 0) is 4.74 Å². The molecule has 2 aromatic heterocycles. The minimum Gasteiger partial charge on any atom is -0.464 e. The van der Waals surface area contributed by atoms with Gasteiger partial charge in [0.25, 0.3) is 0 Å². The lowest BCUT2D eigenvalue weighted by Gasteiger charge is -2.05. The summed E-state index contributed by atoms with van der Waals surface area (Å²) < 4.78 is 6.25. The maximum atomic E-state index is 11.4. The molecular formula is C12H14N4O2. The highest BCUT2D eigenvalue weighted by molar-refractivity contribution is 5.87. The quantitative estimate of drug-likeness (QED) is 0.748. The molecule has 0 aromatic carbocycles. The van der Waals surface area contributed by atoms with Crippen molar-refractivity contribution in [2.24, 2.45) is 0 Å². The van der Waals surface area contributed by atoms with Crippen molar-refractivity contribution in [3.8, 4) is 5.82 Å². The molecule has 0 fully saturated rings. The van der Waals surface area contributed by atoms with Gasteiger partial charge in [0.05, 0.1) is 7.11 Å². The van der Waals surface area contributed by atoms with Gasteiger partial charge in [-0.15, -0.1) is 0 Å². The van der Waals surface area contributed by atoms with Crippen LogP contribution < -0.4 is 0 Å². The van der Waals surface area contributed by atoms with Gasteiger partial charge in [-0.25, -0.2) is 19.4 Å². The summed E-state index contributed by atoms with van der Waals surface area (Å²) >= 11 is 0. The molecule has 0 aliphatic rings. The van der Waals surface area contributed by atoms with Crippen LogP contribution in [0.3, 0.4) is 0 Å². The van der Waals surface area contributed by atoms with Crippen LogP contribution in [-0.4, -0.2) is 32.8 Å². The minimum atomic E-state index is -0.459. The van der Waals surface area contributed by atoms with Crippen LogP contribution in [0.25, 0.3) is 5.82 Å². The first-order chi connectivity index (χ1) is 8.51. The Hall–Kier alpha value is -2.24. The van der Waals surface area contributed by atoms with Gasteiger partial charge in [0.2, 0.25) is 0 Å². The first-order valence-corrected chi connectivity index (χ1v) is 5.49. The molecule has 0 aliphatic heterocycles. The number of nitrogens with zero attached hydrogens (tertiary/aromatic N) is 4. The van der Waals surface area contributed by atoms with Crippen molar-refractivity contribution in [2.75, 3.05) is 7.11 Å². The van der Waals surface area contributed by atoms with Crippen LogP contribution in [0.5, 0.6) is 0 Å². The van der Waals surface area contributed by atoms with Crippen molar-refractivity contribution in [3.05, 3.63) is 35.0 Å². The molecule has 2 aromatic rings. The molecule has 6 nitrogen and oxygen atoms in total. The Kier molecular flexibility index (Phi) is 3.10. The Morgan fingerprint density at radius 2 is 1.94 bits per heavy atom. The van der Waals surface area contributed by atoms with Crippen molar-refractivity contribution in [1.29, 1.82) is 0 Å². The minimum absolute atomic E-state index is 0.268. The van der Waals surface area contributed by atoms with Gasteiger partial charge in [0, 0.05) is 17.5 Å². The molecular weight excluding hydrogens is 232 g/mol. The molecule has 0 saturated carbocycles. The second kappa shape index (κ2) is 4.56. The number of methoxy groups -OCH3 is 1. The Morgan fingerprint density at radius 3 is 2.56 bits per heavy atom.